The van der Waals surface area contributed by atoms with Crippen LogP contribution in [0.4, 0.5) is 18.9 Å². The van der Waals surface area contributed by atoms with Crippen LogP contribution in [-0.4, -0.2) is 65.5 Å². The first-order chi connectivity index (χ1) is 20.2. The Morgan fingerprint density at radius 3 is 2.50 bits per heavy atom. The molecule has 0 bridgehead atoms. The summed E-state index contributed by atoms with van der Waals surface area (Å²) in [6, 6.07) is 10.6. The number of pyridine rings is 1. The number of ether oxygens (including phenoxy) is 2. The molecule has 2 aliphatic heterocycles. The smallest absolute Gasteiger partial charge is 0.435 e. The first-order valence-corrected chi connectivity index (χ1v) is 13.9. The van der Waals surface area contributed by atoms with Crippen molar-refractivity contribution in [2.24, 2.45) is 7.05 Å². The Morgan fingerprint density at radius 1 is 1.02 bits per heavy atom. The molecule has 0 saturated carbocycles. The molecule has 8 nitrogen and oxygen atoms in total. The summed E-state index contributed by atoms with van der Waals surface area (Å²) < 4.78 is 53.7. The van der Waals surface area contributed by atoms with Crippen LogP contribution < -0.4 is 9.64 Å². The standard InChI is InChI=1S/C31H32F3N5O3/c1-37-18-26(29(36-37)31(32,33)34)22-5-4-6-24-23(22)10-14-39(30(24)40)27-7-11-35-28-19(15-21(42-3)16-25(27)28)17-38-12-8-20(41-2)9-13-38/h4-7,11,15-16,18,20H,8-10,12-14,17H2,1-3H3. The molecule has 0 unspecified atom stereocenters. The van der Waals surface area contributed by atoms with Crippen LogP contribution in [0.15, 0.2) is 48.8 Å². The van der Waals surface area contributed by atoms with Crippen LogP contribution in [0.2, 0.25) is 0 Å². The number of carbonyl (C=O) groups is 1. The van der Waals surface area contributed by atoms with E-state index in [-0.39, 0.29) is 17.6 Å². The number of methoxy groups -OCH3 is 2. The number of likely N-dealkylation sites (tertiary alicyclic amines) is 1. The SMILES string of the molecule is COc1cc(CN2CCC(OC)CC2)c2nccc(N3CCc4c(cccc4-c4cn(C)nc4C(F)(F)F)C3=O)c2c1. The maximum Gasteiger partial charge on any atom is 0.435 e. The van der Waals surface area contributed by atoms with Gasteiger partial charge in [-0.15, -0.1) is 0 Å². The minimum absolute atomic E-state index is 0.0265. The van der Waals surface area contributed by atoms with Gasteiger partial charge in [-0.2, -0.15) is 18.3 Å². The van der Waals surface area contributed by atoms with Crippen LogP contribution in [-0.2, 0) is 30.9 Å². The summed E-state index contributed by atoms with van der Waals surface area (Å²) in [5.41, 5.74) is 2.85. The number of nitrogens with zero attached hydrogens (tertiary/aromatic N) is 5. The quantitative estimate of drug-likeness (QED) is 0.302. The van der Waals surface area contributed by atoms with E-state index in [0.29, 0.717) is 47.6 Å². The van der Waals surface area contributed by atoms with Crippen molar-refractivity contribution < 1.29 is 27.4 Å². The number of hydrogen-bond donors (Lipinski definition) is 0. The van der Waals surface area contributed by atoms with E-state index in [1.165, 1.54) is 13.2 Å². The predicted molar refractivity (Wildman–Crippen MR) is 153 cm³/mol. The summed E-state index contributed by atoms with van der Waals surface area (Å²) >= 11 is 0. The van der Waals surface area contributed by atoms with Crippen molar-refractivity contribution in [3.8, 4) is 16.9 Å². The number of rotatable bonds is 6. The molecule has 42 heavy (non-hydrogen) atoms. The Morgan fingerprint density at radius 2 is 1.79 bits per heavy atom. The van der Waals surface area contributed by atoms with Gasteiger partial charge in [-0.25, -0.2) is 0 Å². The monoisotopic (exact) mass is 579 g/mol. The van der Waals surface area contributed by atoms with E-state index in [1.54, 1.807) is 43.5 Å². The highest BCUT2D eigenvalue weighted by Crippen LogP contribution is 2.40. The van der Waals surface area contributed by atoms with Crippen LogP contribution in [0.1, 0.15) is 40.0 Å². The molecule has 6 rings (SSSR count). The summed E-state index contributed by atoms with van der Waals surface area (Å²) in [5, 5.41) is 4.46. The first kappa shape index (κ1) is 28.2. The van der Waals surface area contributed by atoms with Gasteiger partial charge in [0, 0.05) is 69.2 Å². The predicted octanol–water partition coefficient (Wildman–Crippen LogP) is 5.48. The molecule has 220 valence electrons. The molecular weight excluding hydrogens is 547 g/mol. The van der Waals surface area contributed by atoms with Crippen molar-refractivity contribution in [1.29, 1.82) is 0 Å². The van der Waals surface area contributed by atoms with Gasteiger partial charge in [0.25, 0.3) is 5.91 Å². The normalized spacial score (nSPS) is 16.7. The lowest BCUT2D eigenvalue weighted by Gasteiger charge is -2.32. The third-order valence-corrected chi connectivity index (χ3v) is 8.29. The van der Waals surface area contributed by atoms with Crippen molar-refractivity contribution in [3.05, 3.63) is 71.2 Å². The number of fused-ring (bicyclic) bond motifs is 2. The fourth-order valence-corrected chi connectivity index (χ4v) is 6.21. The Labute approximate surface area is 241 Å². The summed E-state index contributed by atoms with van der Waals surface area (Å²) in [6.07, 6.45) is 1.04. The van der Waals surface area contributed by atoms with Crippen LogP contribution in [0, 0.1) is 0 Å². The number of anilines is 1. The van der Waals surface area contributed by atoms with Crippen LogP contribution in [0.5, 0.6) is 5.75 Å². The molecule has 2 aliphatic rings. The number of amides is 1. The highest BCUT2D eigenvalue weighted by molar-refractivity contribution is 6.13. The zero-order valence-electron chi connectivity index (χ0n) is 23.7. The molecule has 11 heteroatoms. The van der Waals surface area contributed by atoms with E-state index in [2.05, 4.69) is 10.00 Å². The van der Waals surface area contributed by atoms with Gasteiger partial charge in [-0.05, 0) is 60.2 Å². The molecule has 0 radical (unpaired) electrons. The molecule has 1 amide bonds. The molecule has 1 saturated heterocycles. The van der Waals surface area contributed by atoms with Gasteiger partial charge in [0.05, 0.1) is 24.4 Å². The first-order valence-electron chi connectivity index (χ1n) is 13.9. The van der Waals surface area contributed by atoms with E-state index in [9.17, 15) is 18.0 Å². The van der Waals surface area contributed by atoms with Crippen molar-refractivity contribution in [2.75, 3.05) is 38.8 Å². The number of carbonyl (C=O) groups excluding carboxylic acids is 1. The number of hydrogen-bond acceptors (Lipinski definition) is 6. The number of benzene rings is 2. The molecule has 0 spiro atoms. The topological polar surface area (TPSA) is 72.7 Å². The highest BCUT2D eigenvalue weighted by atomic mass is 19.4. The second kappa shape index (κ2) is 11.0. The minimum Gasteiger partial charge on any atom is -0.497 e. The summed E-state index contributed by atoms with van der Waals surface area (Å²) in [6.45, 7) is 2.81. The van der Waals surface area contributed by atoms with Crippen LogP contribution in [0.3, 0.4) is 0 Å². The molecule has 0 aliphatic carbocycles. The van der Waals surface area contributed by atoms with E-state index in [0.717, 1.165) is 47.1 Å². The average molecular weight is 580 g/mol. The van der Waals surface area contributed by atoms with Gasteiger partial charge < -0.3 is 14.4 Å². The Kier molecular flexibility index (Phi) is 7.40. The van der Waals surface area contributed by atoms with Gasteiger partial charge >= 0.3 is 6.18 Å². The lowest BCUT2D eigenvalue weighted by Crippen LogP contribution is -2.38. The maximum absolute atomic E-state index is 14.0. The second-order valence-corrected chi connectivity index (χ2v) is 10.8. The zero-order valence-corrected chi connectivity index (χ0v) is 23.7. The largest absolute Gasteiger partial charge is 0.497 e. The molecule has 4 aromatic rings. The third kappa shape index (κ3) is 5.11. The molecule has 2 aromatic carbocycles. The fraction of sp³-hybridized carbons (Fsp3) is 0.387. The molecule has 1 fully saturated rings. The van der Waals surface area contributed by atoms with Gasteiger partial charge in [-0.3, -0.25) is 19.4 Å². The summed E-state index contributed by atoms with van der Waals surface area (Å²) in [7, 11) is 4.82. The zero-order chi connectivity index (χ0) is 29.6. The van der Waals surface area contributed by atoms with Gasteiger partial charge in [-0.1, -0.05) is 12.1 Å². The molecular formula is C31H32F3N5O3. The Balaban J connectivity index is 1.37. The second-order valence-electron chi connectivity index (χ2n) is 10.8. The molecule has 2 aromatic heterocycles. The lowest BCUT2D eigenvalue weighted by molar-refractivity contribution is -0.140. The number of halogens is 3. The maximum atomic E-state index is 14.0. The molecule has 4 heterocycles. The van der Waals surface area contributed by atoms with Gasteiger partial charge in [0.1, 0.15) is 5.75 Å². The molecule has 0 N–H and O–H groups in total. The third-order valence-electron chi connectivity index (χ3n) is 8.29. The number of aryl methyl sites for hydroxylation is 1. The fourth-order valence-electron chi connectivity index (χ4n) is 6.21. The van der Waals surface area contributed by atoms with Crippen molar-refractivity contribution in [3.63, 3.8) is 0 Å². The lowest BCUT2D eigenvalue weighted by atomic mass is 9.90. The Hall–Kier alpha value is -3.96. The number of alkyl halides is 3. The van der Waals surface area contributed by atoms with Gasteiger partial charge in [0.15, 0.2) is 5.69 Å². The average Bonchev–Trinajstić information content (AvgIpc) is 3.39. The summed E-state index contributed by atoms with van der Waals surface area (Å²) in [4.78, 5) is 22.7. The van der Waals surface area contributed by atoms with Crippen LogP contribution in [0.25, 0.3) is 22.0 Å². The van der Waals surface area contributed by atoms with E-state index in [1.807, 2.05) is 18.2 Å². The van der Waals surface area contributed by atoms with E-state index >= 15 is 0 Å². The Bertz CT molecular complexity index is 1640. The van der Waals surface area contributed by atoms with Gasteiger partial charge in [0.2, 0.25) is 0 Å². The van der Waals surface area contributed by atoms with Crippen molar-refractivity contribution in [1.82, 2.24) is 19.7 Å². The number of aromatic nitrogens is 3. The minimum atomic E-state index is -4.61. The van der Waals surface area contributed by atoms with E-state index < -0.39 is 11.9 Å². The van der Waals surface area contributed by atoms with E-state index in [4.69, 9.17) is 14.5 Å². The van der Waals surface area contributed by atoms with Crippen molar-refractivity contribution >= 4 is 22.5 Å². The summed E-state index contributed by atoms with van der Waals surface area (Å²) in [5.74, 6) is 0.399. The van der Waals surface area contributed by atoms with Crippen LogP contribution >= 0.6 is 0 Å². The number of piperidine rings is 1. The van der Waals surface area contributed by atoms with Crippen molar-refractivity contribution in [2.45, 2.75) is 38.1 Å². The molecule has 0 atom stereocenters. The highest BCUT2D eigenvalue weighted by Gasteiger charge is 2.39.